The summed E-state index contributed by atoms with van der Waals surface area (Å²) in [5.41, 5.74) is 1.32. The molecule has 0 amide bonds. The molecule has 1 rings (SSSR count). The normalized spacial score (nSPS) is 12.6. The van der Waals surface area contributed by atoms with Gasteiger partial charge >= 0.3 is 0 Å². The molecule has 1 aromatic rings. The predicted octanol–water partition coefficient (Wildman–Crippen LogP) is 6.07. The van der Waals surface area contributed by atoms with E-state index in [-0.39, 0.29) is 5.82 Å². The molecular formula is C17H27F. The van der Waals surface area contributed by atoms with Crippen molar-refractivity contribution in [1.29, 1.82) is 0 Å². The Bertz CT molecular complexity index is 302. The second-order valence-corrected chi connectivity index (χ2v) is 5.24. The van der Waals surface area contributed by atoms with Crippen LogP contribution >= 0.6 is 0 Å². The Labute approximate surface area is 112 Å². The lowest BCUT2D eigenvalue weighted by molar-refractivity contribution is 0.508. The second-order valence-electron chi connectivity index (χ2n) is 5.24. The summed E-state index contributed by atoms with van der Waals surface area (Å²) < 4.78 is 13.0. The van der Waals surface area contributed by atoms with Crippen LogP contribution in [0.2, 0.25) is 0 Å². The summed E-state index contributed by atoms with van der Waals surface area (Å²) in [7, 11) is 0. The van der Waals surface area contributed by atoms with E-state index in [0.717, 1.165) is 0 Å². The van der Waals surface area contributed by atoms with E-state index in [2.05, 4.69) is 13.8 Å². The highest BCUT2D eigenvalue weighted by Gasteiger charge is 2.10. The Kier molecular flexibility index (Phi) is 7.71. The molecular weight excluding hydrogens is 223 g/mol. The zero-order chi connectivity index (χ0) is 13.2. The number of unbranched alkanes of at least 4 members (excludes halogenated alkanes) is 4. The van der Waals surface area contributed by atoms with Crippen LogP contribution in [0, 0.1) is 5.82 Å². The van der Waals surface area contributed by atoms with E-state index in [1.54, 1.807) is 12.1 Å². The molecule has 1 unspecified atom stereocenters. The van der Waals surface area contributed by atoms with Crippen molar-refractivity contribution in [2.45, 2.75) is 71.1 Å². The molecule has 102 valence electrons. The van der Waals surface area contributed by atoms with Crippen LogP contribution in [0.15, 0.2) is 24.3 Å². The van der Waals surface area contributed by atoms with Crippen LogP contribution in [0.3, 0.4) is 0 Å². The summed E-state index contributed by atoms with van der Waals surface area (Å²) in [5.74, 6) is 0.501. The lowest BCUT2D eigenvalue weighted by Crippen LogP contribution is -1.99. The van der Waals surface area contributed by atoms with Gasteiger partial charge in [0.15, 0.2) is 0 Å². The molecule has 0 aliphatic rings. The molecule has 0 fully saturated rings. The summed E-state index contributed by atoms with van der Waals surface area (Å²) in [6.45, 7) is 4.48. The summed E-state index contributed by atoms with van der Waals surface area (Å²) in [6.07, 6.45) is 10.3. The molecule has 18 heavy (non-hydrogen) atoms. The van der Waals surface area contributed by atoms with Crippen molar-refractivity contribution in [1.82, 2.24) is 0 Å². The van der Waals surface area contributed by atoms with Gasteiger partial charge in [-0.1, -0.05) is 64.5 Å². The highest BCUT2D eigenvalue weighted by molar-refractivity contribution is 5.20. The highest BCUT2D eigenvalue weighted by Crippen LogP contribution is 2.28. The van der Waals surface area contributed by atoms with Crippen molar-refractivity contribution in [3.63, 3.8) is 0 Å². The van der Waals surface area contributed by atoms with Gasteiger partial charge in [0.25, 0.3) is 0 Å². The van der Waals surface area contributed by atoms with Crippen LogP contribution in [-0.4, -0.2) is 0 Å². The van der Waals surface area contributed by atoms with E-state index in [9.17, 15) is 4.39 Å². The molecule has 0 saturated heterocycles. The fraction of sp³-hybridized carbons (Fsp3) is 0.647. The first-order valence-electron chi connectivity index (χ1n) is 7.53. The maximum atomic E-state index is 13.0. The van der Waals surface area contributed by atoms with Gasteiger partial charge in [0.05, 0.1) is 0 Å². The number of benzene rings is 1. The van der Waals surface area contributed by atoms with Crippen LogP contribution in [0.1, 0.15) is 76.7 Å². The molecule has 0 radical (unpaired) electrons. The molecule has 0 aromatic heterocycles. The lowest BCUT2D eigenvalue weighted by atomic mass is 9.88. The van der Waals surface area contributed by atoms with Gasteiger partial charge in [0, 0.05) is 0 Å². The van der Waals surface area contributed by atoms with Crippen molar-refractivity contribution in [3.05, 3.63) is 35.6 Å². The van der Waals surface area contributed by atoms with Crippen LogP contribution < -0.4 is 0 Å². The van der Waals surface area contributed by atoms with Gasteiger partial charge in [-0.05, 0) is 36.5 Å². The molecule has 0 bridgehead atoms. The second kappa shape index (κ2) is 9.13. The van der Waals surface area contributed by atoms with Gasteiger partial charge in [-0.2, -0.15) is 0 Å². The Morgan fingerprint density at radius 1 is 0.833 bits per heavy atom. The Hall–Kier alpha value is -0.850. The molecule has 0 N–H and O–H groups in total. The minimum atomic E-state index is -0.126. The molecule has 1 heteroatoms. The quantitative estimate of drug-likeness (QED) is 0.467. The number of hydrogen-bond acceptors (Lipinski definition) is 0. The van der Waals surface area contributed by atoms with E-state index < -0.39 is 0 Å². The molecule has 1 atom stereocenters. The zero-order valence-corrected chi connectivity index (χ0v) is 11.9. The minimum absolute atomic E-state index is 0.126. The first-order valence-corrected chi connectivity index (χ1v) is 7.53. The van der Waals surface area contributed by atoms with Crippen LogP contribution in [-0.2, 0) is 0 Å². The van der Waals surface area contributed by atoms with E-state index in [1.807, 2.05) is 12.1 Å². The summed E-state index contributed by atoms with van der Waals surface area (Å²) >= 11 is 0. The average molecular weight is 250 g/mol. The Balaban J connectivity index is 2.51. The number of rotatable bonds is 9. The monoisotopic (exact) mass is 250 g/mol. The summed E-state index contributed by atoms with van der Waals surface area (Å²) in [6, 6.07) is 7.13. The van der Waals surface area contributed by atoms with Crippen molar-refractivity contribution in [3.8, 4) is 0 Å². The largest absolute Gasteiger partial charge is 0.207 e. The molecule has 0 nitrogen and oxygen atoms in total. The summed E-state index contributed by atoms with van der Waals surface area (Å²) in [5, 5.41) is 0. The van der Waals surface area contributed by atoms with Crippen molar-refractivity contribution in [2.24, 2.45) is 0 Å². The first-order chi connectivity index (χ1) is 8.77. The van der Waals surface area contributed by atoms with E-state index >= 15 is 0 Å². The van der Waals surface area contributed by atoms with Crippen LogP contribution in [0.25, 0.3) is 0 Å². The third-order valence-electron chi connectivity index (χ3n) is 3.65. The van der Waals surface area contributed by atoms with E-state index in [0.29, 0.717) is 5.92 Å². The fourth-order valence-electron chi connectivity index (χ4n) is 2.48. The molecule has 0 aliphatic carbocycles. The Morgan fingerprint density at radius 3 is 2.06 bits per heavy atom. The topological polar surface area (TPSA) is 0 Å². The van der Waals surface area contributed by atoms with Gasteiger partial charge in [0.1, 0.15) is 5.82 Å². The lowest BCUT2D eigenvalue weighted by Gasteiger charge is -2.17. The first kappa shape index (κ1) is 15.2. The van der Waals surface area contributed by atoms with E-state index in [1.165, 1.54) is 56.9 Å². The van der Waals surface area contributed by atoms with Gasteiger partial charge in [-0.3, -0.25) is 0 Å². The third kappa shape index (κ3) is 5.66. The maximum Gasteiger partial charge on any atom is 0.123 e. The fourth-order valence-corrected chi connectivity index (χ4v) is 2.48. The molecule has 0 saturated carbocycles. The van der Waals surface area contributed by atoms with Crippen molar-refractivity contribution in [2.75, 3.05) is 0 Å². The maximum absolute atomic E-state index is 13.0. The zero-order valence-electron chi connectivity index (χ0n) is 11.9. The predicted molar refractivity (Wildman–Crippen MR) is 77.4 cm³/mol. The van der Waals surface area contributed by atoms with Crippen molar-refractivity contribution < 1.29 is 4.39 Å². The smallest absolute Gasteiger partial charge is 0.123 e. The van der Waals surface area contributed by atoms with Gasteiger partial charge in [-0.15, -0.1) is 0 Å². The van der Waals surface area contributed by atoms with Crippen LogP contribution in [0.5, 0.6) is 0 Å². The van der Waals surface area contributed by atoms with Crippen molar-refractivity contribution >= 4 is 0 Å². The van der Waals surface area contributed by atoms with Gasteiger partial charge in [0.2, 0.25) is 0 Å². The molecule has 1 aromatic carbocycles. The standard InChI is InChI=1S/C17H27F/c1-3-5-7-8-10-15(9-6-4-2)16-11-13-17(18)14-12-16/h11-15H,3-10H2,1-2H3. The van der Waals surface area contributed by atoms with Gasteiger partial charge < -0.3 is 0 Å². The number of halogens is 1. The van der Waals surface area contributed by atoms with Crippen LogP contribution in [0.4, 0.5) is 4.39 Å². The Morgan fingerprint density at radius 2 is 1.44 bits per heavy atom. The SMILES string of the molecule is CCCCCCC(CCCC)c1ccc(F)cc1. The highest BCUT2D eigenvalue weighted by atomic mass is 19.1. The average Bonchev–Trinajstić information content (AvgIpc) is 2.39. The molecule has 0 aliphatic heterocycles. The molecule has 0 heterocycles. The van der Waals surface area contributed by atoms with Gasteiger partial charge in [-0.25, -0.2) is 4.39 Å². The number of hydrogen-bond donors (Lipinski definition) is 0. The minimum Gasteiger partial charge on any atom is -0.207 e. The molecule has 0 spiro atoms. The summed E-state index contributed by atoms with van der Waals surface area (Å²) in [4.78, 5) is 0. The third-order valence-corrected chi connectivity index (χ3v) is 3.65. The van der Waals surface area contributed by atoms with E-state index in [4.69, 9.17) is 0 Å².